The average molecular weight is 307 g/mol. The molecule has 0 saturated heterocycles. The third kappa shape index (κ3) is 3.31. The van der Waals surface area contributed by atoms with Crippen molar-refractivity contribution in [1.29, 1.82) is 0 Å². The minimum Gasteiger partial charge on any atom is -0.481 e. The van der Waals surface area contributed by atoms with Gasteiger partial charge in [0.15, 0.2) is 0 Å². The van der Waals surface area contributed by atoms with E-state index in [2.05, 4.69) is 10.3 Å². The molecular weight excluding hydrogens is 292 g/mol. The topological polar surface area (TPSA) is 79.3 Å². The van der Waals surface area contributed by atoms with Gasteiger partial charge < -0.3 is 10.4 Å². The minimum absolute atomic E-state index is 0.00723. The van der Waals surface area contributed by atoms with Gasteiger partial charge in [0, 0.05) is 11.9 Å². The van der Waals surface area contributed by atoms with Crippen molar-refractivity contribution < 1.29 is 14.7 Å². The zero-order valence-corrected chi connectivity index (χ0v) is 12.4. The van der Waals surface area contributed by atoms with Crippen molar-refractivity contribution in [2.24, 2.45) is 5.41 Å². The molecule has 6 heteroatoms. The molecule has 0 aliphatic heterocycles. The molecule has 5 nitrogen and oxygen atoms in total. The van der Waals surface area contributed by atoms with E-state index in [9.17, 15) is 9.59 Å². The summed E-state index contributed by atoms with van der Waals surface area (Å²) >= 11 is 6.13. The summed E-state index contributed by atoms with van der Waals surface area (Å²) in [6.45, 7) is 3.08. The zero-order chi connectivity index (χ0) is 15.6. The highest BCUT2D eigenvalue weighted by Gasteiger charge is 2.28. The standard InChI is InChI=1S/C15H15ClN2O3/c1-15(2,14(20)21)8-17-13(19)12-7-10(16)9-5-3-4-6-11(9)18-12/h3-7H,8H2,1-2H3,(H,17,19)(H,20,21). The van der Waals surface area contributed by atoms with Gasteiger partial charge in [-0.15, -0.1) is 0 Å². The quantitative estimate of drug-likeness (QED) is 0.910. The van der Waals surface area contributed by atoms with Gasteiger partial charge in [-0.3, -0.25) is 9.59 Å². The number of carbonyl (C=O) groups excluding carboxylic acids is 1. The Labute approximate surface area is 126 Å². The van der Waals surface area contributed by atoms with Crippen LogP contribution in [0.3, 0.4) is 0 Å². The van der Waals surface area contributed by atoms with Crippen molar-refractivity contribution in [1.82, 2.24) is 10.3 Å². The van der Waals surface area contributed by atoms with E-state index in [4.69, 9.17) is 16.7 Å². The molecule has 0 bridgehead atoms. The smallest absolute Gasteiger partial charge is 0.310 e. The normalized spacial score (nSPS) is 11.4. The summed E-state index contributed by atoms with van der Waals surface area (Å²) in [5.41, 5.74) is -0.261. The summed E-state index contributed by atoms with van der Waals surface area (Å²) in [5.74, 6) is -1.43. The SMILES string of the molecule is CC(C)(CNC(=O)c1cc(Cl)c2ccccc2n1)C(=O)O. The summed E-state index contributed by atoms with van der Waals surface area (Å²) in [5, 5.41) is 12.8. The maximum atomic E-state index is 12.1. The number of aliphatic carboxylic acids is 1. The fourth-order valence-corrected chi connectivity index (χ4v) is 1.98. The molecular formula is C15H15ClN2O3. The molecule has 0 unspecified atom stereocenters. The number of carbonyl (C=O) groups is 2. The lowest BCUT2D eigenvalue weighted by atomic mass is 9.94. The molecule has 0 spiro atoms. The number of para-hydroxylation sites is 1. The molecule has 0 radical (unpaired) electrons. The number of carboxylic acids is 1. The second-order valence-electron chi connectivity index (χ2n) is 5.38. The third-order valence-corrected chi connectivity index (χ3v) is 3.48. The first-order valence-electron chi connectivity index (χ1n) is 6.38. The maximum Gasteiger partial charge on any atom is 0.310 e. The molecule has 2 aromatic rings. The van der Waals surface area contributed by atoms with Gasteiger partial charge in [0.1, 0.15) is 5.69 Å². The van der Waals surface area contributed by atoms with Crippen LogP contribution in [-0.2, 0) is 4.79 Å². The number of nitrogens with one attached hydrogen (secondary N) is 1. The van der Waals surface area contributed by atoms with Crippen molar-refractivity contribution in [2.75, 3.05) is 6.54 Å². The van der Waals surface area contributed by atoms with Crippen molar-refractivity contribution in [3.8, 4) is 0 Å². The molecule has 2 rings (SSSR count). The van der Waals surface area contributed by atoms with E-state index in [1.165, 1.54) is 19.9 Å². The van der Waals surface area contributed by atoms with Crippen molar-refractivity contribution in [2.45, 2.75) is 13.8 Å². The number of halogens is 1. The van der Waals surface area contributed by atoms with Gasteiger partial charge >= 0.3 is 5.97 Å². The van der Waals surface area contributed by atoms with Crippen LogP contribution in [0.2, 0.25) is 5.02 Å². The van der Waals surface area contributed by atoms with E-state index >= 15 is 0 Å². The highest BCUT2D eigenvalue weighted by molar-refractivity contribution is 6.35. The average Bonchev–Trinajstić information content (AvgIpc) is 2.44. The Kier molecular flexibility index (Phi) is 4.14. The Morgan fingerprint density at radius 3 is 2.67 bits per heavy atom. The molecule has 1 aromatic heterocycles. The first-order valence-corrected chi connectivity index (χ1v) is 6.76. The second-order valence-corrected chi connectivity index (χ2v) is 5.79. The molecule has 0 fully saturated rings. The van der Waals surface area contributed by atoms with Gasteiger partial charge in [0.2, 0.25) is 0 Å². The number of pyridine rings is 1. The summed E-state index contributed by atoms with van der Waals surface area (Å²) in [6, 6.07) is 8.71. The van der Waals surface area contributed by atoms with Gasteiger partial charge in [0.05, 0.1) is 16.0 Å². The number of hydrogen-bond acceptors (Lipinski definition) is 3. The fourth-order valence-electron chi connectivity index (χ4n) is 1.72. The molecule has 110 valence electrons. The summed E-state index contributed by atoms with van der Waals surface area (Å²) < 4.78 is 0. The predicted molar refractivity (Wildman–Crippen MR) is 80.5 cm³/mol. The predicted octanol–water partition coefficient (Wildman–Crippen LogP) is 2.73. The van der Waals surface area contributed by atoms with Crippen LogP contribution < -0.4 is 5.32 Å². The fraction of sp³-hybridized carbons (Fsp3) is 0.267. The number of carboxylic acid groups (broad SMARTS) is 1. The zero-order valence-electron chi connectivity index (χ0n) is 11.7. The number of fused-ring (bicyclic) bond motifs is 1. The molecule has 0 atom stereocenters. The Bertz CT molecular complexity index is 713. The van der Waals surface area contributed by atoms with Crippen LogP contribution in [-0.4, -0.2) is 28.5 Å². The first kappa shape index (κ1) is 15.3. The van der Waals surface area contributed by atoms with Gasteiger partial charge in [-0.05, 0) is 26.0 Å². The van der Waals surface area contributed by atoms with Crippen LogP contribution >= 0.6 is 11.6 Å². The number of rotatable bonds is 4. The monoisotopic (exact) mass is 306 g/mol. The van der Waals surface area contributed by atoms with Crippen LogP contribution in [0, 0.1) is 5.41 Å². The van der Waals surface area contributed by atoms with Crippen LogP contribution in [0.25, 0.3) is 10.9 Å². The summed E-state index contributed by atoms with van der Waals surface area (Å²) in [6.07, 6.45) is 0. The molecule has 0 saturated carbocycles. The Balaban J connectivity index is 2.22. The molecule has 2 N–H and O–H groups in total. The summed E-state index contributed by atoms with van der Waals surface area (Å²) in [7, 11) is 0. The molecule has 0 aliphatic carbocycles. The summed E-state index contributed by atoms with van der Waals surface area (Å²) in [4.78, 5) is 27.3. The molecule has 1 aromatic carbocycles. The highest BCUT2D eigenvalue weighted by atomic mass is 35.5. The first-order chi connectivity index (χ1) is 9.81. The van der Waals surface area contributed by atoms with Crippen molar-refractivity contribution in [3.05, 3.63) is 41.0 Å². The Hall–Kier alpha value is -2.14. The third-order valence-electron chi connectivity index (χ3n) is 3.17. The van der Waals surface area contributed by atoms with Crippen molar-refractivity contribution in [3.63, 3.8) is 0 Å². The minimum atomic E-state index is -1.05. The Morgan fingerprint density at radius 2 is 2.00 bits per heavy atom. The van der Waals surface area contributed by atoms with Gasteiger partial charge in [0.25, 0.3) is 5.91 Å². The van der Waals surface area contributed by atoms with E-state index in [1.54, 1.807) is 12.1 Å². The van der Waals surface area contributed by atoms with Crippen LogP contribution in [0.5, 0.6) is 0 Å². The lowest BCUT2D eigenvalue weighted by Crippen LogP contribution is -2.39. The van der Waals surface area contributed by atoms with E-state index in [0.29, 0.717) is 10.5 Å². The van der Waals surface area contributed by atoms with Crippen molar-refractivity contribution >= 4 is 34.4 Å². The Morgan fingerprint density at radius 1 is 1.33 bits per heavy atom. The lowest BCUT2D eigenvalue weighted by Gasteiger charge is -2.19. The van der Waals surface area contributed by atoms with E-state index in [1.807, 2.05) is 12.1 Å². The number of benzene rings is 1. The van der Waals surface area contributed by atoms with Gasteiger partial charge in [-0.2, -0.15) is 0 Å². The molecule has 21 heavy (non-hydrogen) atoms. The highest BCUT2D eigenvalue weighted by Crippen LogP contribution is 2.23. The lowest BCUT2D eigenvalue weighted by molar-refractivity contribution is -0.146. The molecule has 1 amide bonds. The van der Waals surface area contributed by atoms with Crippen LogP contribution in [0.1, 0.15) is 24.3 Å². The second kappa shape index (κ2) is 5.69. The number of aromatic nitrogens is 1. The maximum absolute atomic E-state index is 12.1. The van der Waals surface area contributed by atoms with Gasteiger partial charge in [-0.25, -0.2) is 4.98 Å². The van der Waals surface area contributed by atoms with Gasteiger partial charge in [-0.1, -0.05) is 29.8 Å². The number of nitrogens with zero attached hydrogens (tertiary/aromatic N) is 1. The molecule has 1 heterocycles. The molecule has 0 aliphatic rings. The van der Waals surface area contributed by atoms with E-state index < -0.39 is 17.3 Å². The van der Waals surface area contributed by atoms with Crippen LogP contribution in [0.4, 0.5) is 0 Å². The largest absolute Gasteiger partial charge is 0.481 e. The van der Waals surface area contributed by atoms with E-state index in [-0.39, 0.29) is 12.2 Å². The van der Waals surface area contributed by atoms with E-state index in [0.717, 1.165) is 5.39 Å². The number of amides is 1. The number of hydrogen-bond donors (Lipinski definition) is 2. The van der Waals surface area contributed by atoms with Crippen LogP contribution in [0.15, 0.2) is 30.3 Å².